The molecule has 0 saturated heterocycles. The summed E-state index contributed by atoms with van der Waals surface area (Å²) in [4.78, 5) is 0. The number of rotatable bonds is 8. The van der Waals surface area contributed by atoms with Gasteiger partial charge in [0.05, 0.1) is 0 Å². The predicted molar refractivity (Wildman–Crippen MR) is 67.0 cm³/mol. The van der Waals surface area contributed by atoms with Gasteiger partial charge in [-0.2, -0.15) is 11.8 Å². The molecule has 0 aliphatic heterocycles. The minimum Gasteiger partial charge on any atom is -0.314 e. The summed E-state index contributed by atoms with van der Waals surface area (Å²) < 4.78 is 0. The second kappa shape index (κ2) is 6.02. The van der Waals surface area contributed by atoms with Crippen LogP contribution in [0.3, 0.4) is 0 Å². The van der Waals surface area contributed by atoms with E-state index < -0.39 is 0 Å². The van der Waals surface area contributed by atoms with Crippen LogP contribution in [0, 0.1) is 5.41 Å². The van der Waals surface area contributed by atoms with Crippen LogP contribution in [-0.2, 0) is 0 Å². The van der Waals surface area contributed by atoms with Crippen molar-refractivity contribution in [1.82, 2.24) is 5.32 Å². The predicted octanol–water partition coefficient (Wildman–Crippen LogP) is 3.30. The Kier molecular flexibility index (Phi) is 5.32. The van der Waals surface area contributed by atoms with Gasteiger partial charge in [0.15, 0.2) is 0 Å². The van der Waals surface area contributed by atoms with Crippen LogP contribution in [-0.4, -0.2) is 24.6 Å². The van der Waals surface area contributed by atoms with E-state index in [1.165, 1.54) is 44.4 Å². The van der Waals surface area contributed by atoms with E-state index in [2.05, 4.69) is 25.4 Å². The molecule has 14 heavy (non-hydrogen) atoms. The van der Waals surface area contributed by atoms with E-state index in [9.17, 15) is 0 Å². The Morgan fingerprint density at radius 1 is 1.29 bits per heavy atom. The lowest BCUT2D eigenvalue weighted by molar-refractivity contribution is 0.394. The topological polar surface area (TPSA) is 12.0 Å². The molecule has 1 N–H and O–H groups in total. The van der Waals surface area contributed by atoms with Crippen molar-refractivity contribution >= 4 is 11.8 Å². The van der Waals surface area contributed by atoms with Gasteiger partial charge in [-0.1, -0.05) is 20.3 Å². The van der Waals surface area contributed by atoms with Crippen molar-refractivity contribution in [3.05, 3.63) is 0 Å². The van der Waals surface area contributed by atoms with Crippen LogP contribution in [0.1, 0.15) is 46.0 Å². The minimum atomic E-state index is 0.652. The van der Waals surface area contributed by atoms with Crippen LogP contribution >= 0.6 is 11.8 Å². The van der Waals surface area contributed by atoms with Crippen molar-refractivity contribution in [2.45, 2.75) is 52.0 Å². The zero-order valence-electron chi connectivity index (χ0n) is 9.94. The third-order valence-electron chi connectivity index (χ3n) is 3.15. The maximum Gasteiger partial charge on any atom is 0.00106 e. The first-order valence-corrected chi connectivity index (χ1v) is 7.30. The van der Waals surface area contributed by atoms with Crippen molar-refractivity contribution < 1.29 is 0 Å². The van der Waals surface area contributed by atoms with Crippen molar-refractivity contribution in [2.75, 3.05) is 18.6 Å². The Morgan fingerprint density at radius 2 is 2.00 bits per heavy atom. The van der Waals surface area contributed by atoms with Gasteiger partial charge >= 0.3 is 0 Å². The van der Waals surface area contributed by atoms with Crippen LogP contribution in [0.25, 0.3) is 0 Å². The fraction of sp³-hybridized carbons (Fsp3) is 1.00. The quantitative estimate of drug-likeness (QED) is 0.624. The fourth-order valence-electron chi connectivity index (χ4n) is 1.86. The van der Waals surface area contributed by atoms with Gasteiger partial charge < -0.3 is 5.32 Å². The van der Waals surface area contributed by atoms with E-state index in [0.717, 1.165) is 0 Å². The molecule has 0 radical (unpaired) electrons. The minimum absolute atomic E-state index is 0.652. The molecule has 0 aromatic carbocycles. The van der Waals surface area contributed by atoms with E-state index in [0.29, 0.717) is 11.5 Å². The maximum atomic E-state index is 3.58. The van der Waals surface area contributed by atoms with Gasteiger partial charge in [0, 0.05) is 12.6 Å². The highest BCUT2D eigenvalue weighted by Gasteiger charge is 2.41. The van der Waals surface area contributed by atoms with Gasteiger partial charge in [-0.3, -0.25) is 0 Å². The molecule has 0 aromatic rings. The summed E-state index contributed by atoms with van der Waals surface area (Å²) in [5, 5.41) is 3.58. The standard InChI is InChI=1S/C12H25NS/c1-11(2)13-10-12(7-8-12)6-4-5-9-14-3/h11,13H,4-10H2,1-3H3. The first kappa shape index (κ1) is 12.4. The van der Waals surface area contributed by atoms with Crippen LogP contribution in [0.15, 0.2) is 0 Å². The molecule has 0 bridgehead atoms. The molecule has 0 amide bonds. The molecular formula is C12H25NS. The Hall–Kier alpha value is 0.310. The second-order valence-electron chi connectivity index (χ2n) is 4.99. The molecule has 1 aliphatic rings. The summed E-state index contributed by atoms with van der Waals surface area (Å²) in [6, 6.07) is 0.652. The summed E-state index contributed by atoms with van der Waals surface area (Å²) >= 11 is 1.98. The Morgan fingerprint density at radius 3 is 2.50 bits per heavy atom. The van der Waals surface area contributed by atoms with Gasteiger partial charge in [0.1, 0.15) is 0 Å². The first-order chi connectivity index (χ1) is 6.68. The van der Waals surface area contributed by atoms with Gasteiger partial charge in [-0.15, -0.1) is 0 Å². The van der Waals surface area contributed by atoms with Crippen LogP contribution < -0.4 is 5.32 Å². The summed E-state index contributed by atoms with van der Waals surface area (Å²) in [6.45, 7) is 5.73. The Bertz CT molecular complexity index is 152. The fourth-order valence-corrected chi connectivity index (χ4v) is 2.35. The molecule has 0 heterocycles. The first-order valence-electron chi connectivity index (χ1n) is 5.91. The largest absolute Gasteiger partial charge is 0.314 e. The molecule has 1 saturated carbocycles. The lowest BCUT2D eigenvalue weighted by atomic mass is 9.99. The highest BCUT2D eigenvalue weighted by molar-refractivity contribution is 7.98. The second-order valence-corrected chi connectivity index (χ2v) is 5.97. The zero-order valence-corrected chi connectivity index (χ0v) is 10.8. The van der Waals surface area contributed by atoms with Gasteiger partial charge in [0.2, 0.25) is 0 Å². The smallest absolute Gasteiger partial charge is 0.00106 e. The third kappa shape index (κ3) is 4.70. The molecule has 1 fully saturated rings. The van der Waals surface area contributed by atoms with Gasteiger partial charge in [0.25, 0.3) is 0 Å². The van der Waals surface area contributed by atoms with Crippen LogP contribution in [0.4, 0.5) is 0 Å². The summed E-state index contributed by atoms with van der Waals surface area (Å²) in [7, 11) is 0. The summed E-state index contributed by atoms with van der Waals surface area (Å²) in [5.74, 6) is 1.34. The van der Waals surface area contributed by atoms with Gasteiger partial charge in [-0.05, 0) is 43.1 Å². The molecule has 1 nitrogen and oxygen atoms in total. The average molecular weight is 215 g/mol. The number of nitrogens with one attached hydrogen (secondary N) is 1. The van der Waals surface area contributed by atoms with Crippen molar-refractivity contribution in [1.29, 1.82) is 0 Å². The lowest BCUT2D eigenvalue weighted by Crippen LogP contribution is -2.29. The van der Waals surface area contributed by atoms with Crippen LogP contribution in [0.5, 0.6) is 0 Å². The van der Waals surface area contributed by atoms with E-state index in [1.807, 2.05) is 11.8 Å². The number of thioether (sulfide) groups is 1. The molecule has 1 aliphatic carbocycles. The molecule has 84 valence electrons. The SMILES string of the molecule is CSCCCCC1(CNC(C)C)CC1. The number of hydrogen-bond acceptors (Lipinski definition) is 2. The average Bonchev–Trinajstić information content (AvgIpc) is 2.91. The van der Waals surface area contributed by atoms with Crippen molar-refractivity contribution in [3.8, 4) is 0 Å². The maximum absolute atomic E-state index is 3.58. The highest BCUT2D eigenvalue weighted by atomic mass is 32.2. The monoisotopic (exact) mass is 215 g/mol. The number of unbranched alkanes of at least 4 members (excludes halogenated alkanes) is 1. The van der Waals surface area contributed by atoms with E-state index in [-0.39, 0.29) is 0 Å². The van der Waals surface area contributed by atoms with E-state index >= 15 is 0 Å². The number of hydrogen-bond donors (Lipinski definition) is 1. The summed E-state index contributed by atoms with van der Waals surface area (Å²) in [6.07, 6.45) is 9.42. The normalized spacial score (nSPS) is 18.9. The lowest BCUT2D eigenvalue weighted by Gasteiger charge is -2.17. The van der Waals surface area contributed by atoms with Crippen molar-refractivity contribution in [2.24, 2.45) is 5.41 Å². The zero-order chi connectivity index (χ0) is 10.4. The van der Waals surface area contributed by atoms with E-state index in [4.69, 9.17) is 0 Å². The third-order valence-corrected chi connectivity index (χ3v) is 3.84. The molecule has 1 rings (SSSR count). The molecule has 0 aromatic heterocycles. The molecule has 0 spiro atoms. The highest BCUT2D eigenvalue weighted by Crippen LogP contribution is 2.49. The molecular weight excluding hydrogens is 190 g/mol. The van der Waals surface area contributed by atoms with Crippen LogP contribution in [0.2, 0.25) is 0 Å². The van der Waals surface area contributed by atoms with Crippen molar-refractivity contribution in [3.63, 3.8) is 0 Å². The summed E-state index contributed by atoms with van der Waals surface area (Å²) in [5.41, 5.74) is 0.711. The van der Waals surface area contributed by atoms with E-state index in [1.54, 1.807) is 0 Å². The molecule has 0 unspecified atom stereocenters. The molecule has 0 atom stereocenters. The Labute approximate surface area is 93.4 Å². The Balaban J connectivity index is 2.04. The molecule has 2 heteroatoms. The van der Waals surface area contributed by atoms with Gasteiger partial charge in [-0.25, -0.2) is 0 Å².